The van der Waals surface area contributed by atoms with Crippen LogP contribution in [0.3, 0.4) is 0 Å². The largest absolute Gasteiger partial charge is 0.474 e. The molecule has 0 unspecified atom stereocenters. The van der Waals surface area contributed by atoms with Crippen molar-refractivity contribution in [1.82, 2.24) is 15.6 Å². The Balaban J connectivity index is 0.00000364. The molecule has 1 aromatic rings. The van der Waals surface area contributed by atoms with Crippen LogP contribution in [-0.4, -0.2) is 43.4 Å². The van der Waals surface area contributed by atoms with Gasteiger partial charge in [0.15, 0.2) is 5.96 Å². The molecule has 154 valence electrons. The molecular formula is C20H35IN4O2. The zero-order valence-electron chi connectivity index (χ0n) is 16.7. The normalized spacial score (nSPS) is 14.7. The zero-order chi connectivity index (χ0) is 18.5. The first kappa shape index (κ1) is 23.9. The molecule has 1 saturated carbocycles. The number of aromatic nitrogens is 1. The number of ether oxygens (including phenoxy) is 2. The number of hydrogen-bond donors (Lipinski definition) is 2. The van der Waals surface area contributed by atoms with Crippen molar-refractivity contribution in [2.45, 2.75) is 65.0 Å². The second kappa shape index (κ2) is 14.9. The number of unbranched alkanes of at least 4 members (excludes halogenated alkanes) is 1. The van der Waals surface area contributed by atoms with Gasteiger partial charge in [0.2, 0.25) is 5.88 Å². The Kier molecular flexibility index (Phi) is 13.2. The van der Waals surface area contributed by atoms with E-state index in [1.54, 1.807) is 0 Å². The Labute approximate surface area is 180 Å². The quantitative estimate of drug-likeness (QED) is 0.213. The molecule has 2 rings (SSSR count). The molecular weight excluding hydrogens is 455 g/mol. The van der Waals surface area contributed by atoms with Crippen molar-refractivity contribution in [2.24, 2.45) is 4.99 Å². The summed E-state index contributed by atoms with van der Waals surface area (Å²) in [7, 11) is 0. The maximum Gasteiger partial charge on any atom is 0.213 e. The van der Waals surface area contributed by atoms with E-state index in [1.165, 1.54) is 12.8 Å². The van der Waals surface area contributed by atoms with Crippen LogP contribution in [0.25, 0.3) is 0 Å². The summed E-state index contributed by atoms with van der Waals surface area (Å²) in [5.74, 6) is 1.57. The van der Waals surface area contributed by atoms with Crippen LogP contribution in [-0.2, 0) is 11.3 Å². The number of nitrogens with one attached hydrogen (secondary N) is 2. The van der Waals surface area contributed by atoms with Crippen LogP contribution in [0.5, 0.6) is 5.88 Å². The lowest BCUT2D eigenvalue weighted by atomic mass is 10.2. The molecule has 0 amide bonds. The van der Waals surface area contributed by atoms with Crippen LogP contribution in [0, 0.1) is 0 Å². The molecule has 1 aliphatic carbocycles. The highest BCUT2D eigenvalue weighted by atomic mass is 127. The fourth-order valence-corrected chi connectivity index (χ4v) is 2.98. The highest BCUT2D eigenvalue weighted by Crippen LogP contribution is 2.23. The van der Waals surface area contributed by atoms with Crippen molar-refractivity contribution < 1.29 is 9.47 Å². The van der Waals surface area contributed by atoms with Crippen molar-refractivity contribution in [1.29, 1.82) is 0 Å². The maximum absolute atomic E-state index is 5.98. The molecule has 1 fully saturated rings. The van der Waals surface area contributed by atoms with Gasteiger partial charge in [-0.25, -0.2) is 9.98 Å². The lowest BCUT2D eigenvalue weighted by Crippen LogP contribution is -2.37. The lowest BCUT2D eigenvalue weighted by molar-refractivity contribution is 0.143. The molecule has 0 aliphatic heterocycles. The van der Waals surface area contributed by atoms with E-state index < -0.39 is 0 Å². The third kappa shape index (κ3) is 10.1. The molecule has 1 heterocycles. The Hall–Kier alpha value is -1.09. The first-order valence-corrected chi connectivity index (χ1v) is 10.0. The van der Waals surface area contributed by atoms with Gasteiger partial charge in [-0.15, -0.1) is 24.0 Å². The number of aliphatic imine (C=N–C) groups is 1. The standard InChI is InChI=1S/C20H34N4O2.HI/c1-3-21-20(23-12-7-8-14-25-4-2)24-16-17-11-13-22-19(15-17)26-18-9-5-6-10-18;/h11,13,15,18H,3-10,12,14,16H2,1-2H3,(H2,21,23,24);1H. The predicted octanol–water partition coefficient (Wildman–Crippen LogP) is 3.89. The maximum atomic E-state index is 5.98. The molecule has 0 bridgehead atoms. The van der Waals surface area contributed by atoms with Crippen LogP contribution < -0.4 is 15.4 Å². The first-order chi connectivity index (χ1) is 12.8. The summed E-state index contributed by atoms with van der Waals surface area (Å²) in [4.78, 5) is 9.01. The zero-order valence-corrected chi connectivity index (χ0v) is 19.0. The average Bonchev–Trinajstić information content (AvgIpc) is 3.16. The van der Waals surface area contributed by atoms with Crippen molar-refractivity contribution in [3.8, 4) is 5.88 Å². The number of pyridine rings is 1. The molecule has 0 atom stereocenters. The number of rotatable bonds is 11. The van der Waals surface area contributed by atoms with Gasteiger partial charge in [0, 0.05) is 38.6 Å². The van der Waals surface area contributed by atoms with E-state index in [0.29, 0.717) is 12.6 Å². The minimum atomic E-state index is 0. The van der Waals surface area contributed by atoms with E-state index in [2.05, 4.69) is 27.5 Å². The van der Waals surface area contributed by atoms with E-state index in [1.807, 2.05) is 25.3 Å². The topological polar surface area (TPSA) is 67.8 Å². The fraction of sp³-hybridized carbons (Fsp3) is 0.700. The van der Waals surface area contributed by atoms with Crippen molar-refractivity contribution in [3.05, 3.63) is 23.9 Å². The smallest absolute Gasteiger partial charge is 0.213 e. The fourth-order valence-electron chi connectivity index (χ4n) is 2.98. The first-order valence-electron chi connectivity index (χ1n) is 10.0. The van der Waals surface area contributed by atoms with Crippen LogP contribution in [0.2, 0.25) is 0 Å². The summed E-state index contributed by atoms with van der Waals surface area (Å²) in [6, 6.07) is 4.00. The molecule has 0 aromatic carbocycles. The van der Waals surface area contributed by atoms with Gasteiger partial charge in [0.25, 0.3) is 0 Å². The van der Waals surface area contributed by atoms with Crippen molar-refractivity contribution in [3.63, 3.8) is 0 Å². The highest BCUT2D eigenvalue weighted by molar-refractivity contribution is 14.0. The summed E-state index contributed by atoms with van der Waals surface area (Å²) >= 11 is 0. The molecule has 1 aromatic heterocycles. The number of guanidine groups is 1. The number of hydrogen-bond acceptors (Lipinski definition) is 4. The summed E-state index contributed by atoms with van der Waals surface area (Å²) in [6.07, 6.45) is 9.07. The van der Waals surface area contributed by atoms with Crippen molar-refractivity contribution in [2.75, 3.05) is 26.3 Å². The van der Waals surface area contributed by atoms with E-state index in [4.69, 9.17) is 9.47 Å². The second-order valence-electron chi connectivity index (χ2n) is 6.55. The summed E-state index contributed by atoms with van der Waals surface area (Å²) in [6.45, 7) is 8.06. The molecule has 0 saturated heterocycles. The monoisotopic (exact) mass is 490 g/mol. The average molecular weight is 490 g/mol. The van der Waals surface area contributed by atoms with Crippen molar-refractivity contribution >= 4 is 29.9 Å². The van der Waals surface area contributed by atoms with E-state index in [0.717, 1.165) is 69.4 Å². The van der Waals surface area contributed by atoms with Crippen LogP contribution in [0.1, 0.15) is 57.9 Å². The Morgan fingerprint density at radius 3 is 2.78 bits per heavy atom. The molecule has 1 aliphatic rings. The van der Waals surface area contributed by atoms with Gasteiger partial charge in [-0.05, 0) is 64.0 Å². The van der Waals surface area contributed by atoms with E-state index in [-0.39, 0.29) is 24.0 Å². The van der Waals surface area contributed by atoms with Crippen LogP contribution >= 0.6 is 24.0 Å². The summed E-state index contributed by atoms with van der Waals surface area (Å²) in [5.41, 5.74) is 1.11. The Morgan fingerprint density at radius 2 is 2.04 bits per heavy atom. The third-order valence-corrected chi connectivity index (χ3v) is 4.36. The Bertz CT molecular complexity index is 536. The SMILES string of the molecule is CCNC(=NCc1ccnc(OC2CCCC2)c1)NCCCCOCC.I. The van der Waals surface area contributed by atoms with Gasteiger partial charge >= 0.3 is 0 Å². The summed E-state index contributed by atoms with van der Waals surface area (Å²) in [5, 5.41) is 6.67. The lowest BCUT2D eigenvalue weighted by Gasteiger charge is -2.13. The molecule has 27 heavy (non-hydrogen) atoms. The molecule has 6 nitrogen and oxygen atoms in total. The third-order valence-electron chi connectivity index (χ3n) is 4.36. The number of halogens is 1. The minimum absolute atomic E-state index is 0. The molecule has 7 heteroatoms. The van der Waals surface area contributed by atoms with Gasteiger partial charge in [-0.1, -0.05) is 0 Å². The van der Waals surface area contributed by atoms with Gasteiger partial charge < -0.3 is 20.1 Å². The van der Waals surface area contributed by atoms with Gasteiger partial charge in [-0.3, -0.25) is 0 Å². The van der Waals surface area contributed by atoms with Gasteiger partial charge in [0.1, 0.15) is 6.10 Å². The predicted molar refractivity (Wildman–Crippen MR) is 121 cm³/mol. The molecule has 2 N–H and O–H groups in total. The van der Waals surface area contributed by atoms with Crippen LogP contribution in [0.4, 0.5) is 0 Å². The van der Waals surface area contributed by atoms with E-state index >= 15 is 0 Å². The number of nitrogens with zero attached hydrogens (tertiary/aromatic N) is 2. The van der Waals surface area contributed by atoms with Gasteiger partial charge in [0.05, 0.1) is 6.54 Å². The molecule has 0 radical (unpaired) electrons. The van der Waals surface area contributed by atoms with Crippen LogP contribution in [0.15, 0.2) is 23.3 Å². The second-order valence-corrected chi connectivity index (χ2v) is 6.55. The Morgan fingerprint density at radius 1 is 1.22 bits per heavy atom. The van der Waals surface area contributed by atoms with Gasteiger partial charge in [-0.2, -0.15) is 0 Å². The molecule has 0 spiro atoms. The minimum Gasteiger partial charge on any atom is -0.474 e. The summed E-state index contributed by atoms with van der Waals surface area (Å²) < 4.78 is 11.3. The highest BCUT2D eigenvalue weighted by Gasteiger charge is 2.16. The van der Waals surface area contributed by atoms with E-state index in [9.17, 15) is 0 Å².